The molecule has 1 aromatic carbocycles. The molecule has 0 saturated carbocycles. The Bertz CT molecular complexity index is 304. The highest BCUT2D eigenvalue weighted by Crippen LogP contribution is 2.28. The zero-order valence-electron chi connectivity index (χ0n) is 10.0. The fraction of sp³-hybridized carbons (Fsp3) is 0.571. The number of ether oxygens (including phenoxy) is 1. The number of rotatable bonds is 4. The molecule has 1 aliphatic rings. The molecule has 1 fully saturated rings. The van der Waals surface area contributed by atoms with E-state index in [1.807, 2.05) is 0 Å². The van der Waals surface area contributed by atoms with Crippen molar-refractivity contribution < 1.29 is 4.74 Å². The van der Waals surface area contributed by atoms with Crippen molar-refractivity contribution in [2.24, 2.45) is 5.41 Å². The third-order valence-corrected chi connectivity index (χ3v) is 3.42. The Kier molecular flexibility index (Phi) is 3.97. The van der Waals surface area contributed by atoms with E-state index in [0.29, 0.717) is 5.41 Å². The first-order valence-electron chi connectivity index (χ1n) is 6.11. The topological polar surface area (TPSA) is 21.3 Å². The van der Waals surface area contributed by atoms with Crippen LogP contribution < -0.4 is 5.32 Å². The van der Waals surface area contributed by atoms with Crippen molar-refractivity contribution >= 4 is 0 Å². The average molecular weight is 219 g/mol. The Balaban J connectivity index is 1.75. The van der Waals surface area contributed by atoms with Crippen LogP contribution in [0.2, 0.25) is 0 Å². The van der Waals surface area contributed by atoms with Crippen LogP contribution in [-0.2, 0) is 11.3 Å². The average Bonchev–Trinajstić information content (AvgIpc) is 2.31. The van der Waals surface area contributed by atoms with E-state index < -0.39 is 0 Å². The lowest BCUT2D eigenvalue weighted by Crippen LogP contribution is -2.36. The summed E-state index contributed by atoms with van der Waals surface area (Å²) in [7, 11) is 0. The summed E-state index contributed by atoms with van der Waals surface area (Å²) in [6, 6.07) is 10.6. The van der Waals surface area contributed by atoms with E-state index in [4.69, 9.17) is 4.74 Å². The van der Waals surface area contributed by atoms with Crippen molar-refractivity contribution in [3.05, 3.63) is 35.9 Å². The lowest BCUT2D eigenvalue weighted by molar-refractivity contribution is 0.0240. The molecular weight excluding hydrogens is 198 g/mol. The van der Waals surface area contributed by atoms with Crippen LogP contribution in [-0.4, -0.2) is 19.8 Å². The van der Waals surface area contributed by atoms with Gasteiger partial charge in [0.1, 0.15) is 0 Å². The highest BCUT2D eigenvalue weighted by atomic mass is 16.5. The van der Waals surface area contributed by atoms with Gasteiger partial charge in [0, 0.05) is 26.3 Å². The first-order chi connectivity index (χ1) is 7.79. The van der Waals surface area contributed by atoms with Crippen LogP contribution in [0.25, 0.3) is 0 Å². The quantitative estimate of drug-likeness (QED) is 0.840. The first kappa shape index (κ1) is 11.6. The second-order valence-electron chi connectivity index (χ2n) is 5.01. The van der Waals surface area contributed by atoms with Gasteiger partial charge in [-0.1, -0.05) is 37.3 Å². The molecule has 0 atom stereocenters. The summed E-state index contributed by atoms with van der Waals surface area (Å²) in [4.78, 5) is 0. The minimum Gasteiger partial charge on any atom is -0.381 e. The molecule has 1 N–H and O–H groups in total. The summed E-state index contributed by atoms with van der Waals surface area (Å²) in [5, 5.41) is 3.56. The zero-order chi connectivity index (χ0) is 11.3. The van der Waals surface area contributed by atoms with Crippen LogP contribution in [0, 0.1) is 5.41 Å². The second-order valence-corrected chi connectivity index (χ2v) is 5.01. The lowest BCUT2D eigenvalue weighted by Gasteiger charge is -2.33. The first-order valence-corrected chi connectivity index (χ1v) is 6.11. The molecular formula is C14H21NO. The zero-order valence-corrected chi connectivity index (χ0v) is 10.0. The predicted octanol–water partition coefficient (Wildman–Crippen LogP) is 2.59. The predicted molar refractivity (Wildman–Crippen MR) is 66.3 cm³/mol. The number of benzene rings is 1. The van der Waals surface area contributed by atoms with Crippen molar-refractivity contribution in [2.45, 2.75) is 26.3 Å². The minimum absolute atomic E-state index is 0.424. The molecule has 0 aliphatic carbocycles. The molecule has 2 rings (SSSR count). The van der Waals surface area contributed by atoms with Crippen molar-refractivity contribution in [1.29, 1.82) is 0 Å². The van der Waals surface area contributed by atoms with Gasteiger partial charge >= 0.3 is 0 Å². The molecule has 1 aliphatic heterocycles. The molecule has 16 heavy (non-hydrogen) atoms. The van der Waals surface area contributed by atoms with E-state index in [1.54, 1.807) is 0 Å². The van der Waals surface area contributed by atoms with Gasteiger partial charge in [-0.2, -0.15) is 0 Å². The summed E-state index contributed by atoms with van der Waals surface area (Å²) >= 11 is 0. The Morgan fingerprint density at radius 2 is 1.88 bits per heavy atom. The third-order valence-electron chi connectivity index (χ3n) is 3.42. The molecule has 1 saturated heterocycles. The molecule has 0 unspecified atom stereocenters. The van der Waals surface area contributed by atoms with Crippen LogP contribution in [0.5, 0.6) is 0 Å². The van der Waals surface area contributed by atoms with Crippen LogP contribution in [0.1, 0.15) is 25.3 Å². The Hall–Kier alpha value is -0.860. The smallest absolute Gasteiger partial charge is 0.0471 e. The fourth-order valence-corrected chi connectivity index (χ4v) is 2.15. The Morgan fingerprint density at radius 3 is 2.56 bits per heavy atom. The molecule has 2 heteroatoms. The molecule has 0 bridgehead atoms. The van der Waals surface area contributed by atoms with Gasteiger partial charge < -0.3 is 10.1 Å². The summed E-state index contributed by atoms with van der Waals surface area (Å²) in [5.74, 6) is 0. The van der Waals surface area contributed by atoms with Gasteiger partial charge in [-0.05, 0) is 23.8 Å². The van der Waals surface area contributed by atoms with Crippen molar-refractivity contribution in [2.75, 3.05) is 19.8 Å². The monoisotopic (exact) mass is 219 g/mol. The SMILES string of the molecule is CC1(CNCc2ccccc2)CCOCC1. The second kappa shape index (κ2) is 5.46. The highest BCUT2D eigenvalue weighted by molar-refractivity contribution is 5.14. The van der Waals surface area contributed by atoms with E-state index in [0.717, 1.165) is 26.3 Å². The Labute approximate surface area is 98.0 Å². The number of hydrogen-bond donors (Lipinski definition) is 1. The summed E-state index contributed by atoms with van der Waals surface area (Å²) in [6.07, 6.45) is 2.35. The van der Waals surface area contributed by atoms with Gasteiger partial charge in [0.25, 0.3) is 0 Å². The van der Waals surface area contributed by atoms with Crippen molar-refractivity contribution in [1.82, 2.24) is 5.32 Å². The number of hydrogen-bond acceptors (Lipinski definition) is 2. The molecule has 0 radical (unpaired) electrons. The van der Waals surface area contributed by atoms with E-state index in [-0.39, 0.29) is 0 Å². The van der Waals surface area contributed by atoms with Crippen LogP contribution >= 0.6 is 0 Å². The molecule has 1 aromatic rings. The lowest BCUT2D eigenvalue weighted by atomic mass is 9.82. The van der Waals surface area contributed by atoms with E-state index in [9.17, 15) is 0 Å². The van der Waals surface area contributed by atoms with Crippen LogP contribution in [0.15, 0.2) is 30.3 Å². The maximum Gasteiger partial charge on any atom is 0.0471 e. The molecule has 0 amide bonds. The van der Waals surface area contributed by atoms with E-state index in [1.165, 1.54) is 18.4 Å². The van der Waals surface area contributed by atoms with Gasteiger partial charge in [-0.25, -0.2) is 0 Å². The fourth-order valence-electron chi connectivity index (χ4n) is 2.15. The van der Waals surface area contributed by atoms with Gasteiger partial charge in [0.2, 0.25) is 0 Å². The standard InChI is InChI=1S/C14H21NO/c1-14(7-9-16-10-8-14)12-15-11-13-5-3-2-4-6-13/h2-6,15H,7-12H2,1H3. The maximum atomic E-state index is 5.40. The maximum absolute atomic E-state index is 5.40. The van der Waals surface area contributed by atoms with Gasteiger partial charge in [0.05, 0.1) is 0 Å². The van der Waals surface area contributed by atoms with E-state index in [2.05, 4.69) is 42.6 Å². The molecule has 88 valence electrons. The summed E-state index contributed by atoms with van der Waals surface area (Å²) in [6.45, 7) is 6.25. The van der Waals surface area contributed by atoms with Crippen LogP contribution in [0.3, 0.4) is 0 Å². The highest BCUT2D eigenvalue weighted by Gasteiger charge is 2.26. The summed E-state index contributed by atoms with van der Waals surface area (Å²) < 4.78 is 5.40. The summed E-state index contributed by atoms with van der Waals surface area (Å²) in [5.41, 5.74) is 1.78. The van der Waals surface area contributed by atoms with Crippen LogP contribution in [0.4, 0.5) is 0 Å². The Morgan fingerprint density at radius 1 is 1.19 bits per heavy atom. The normalized spacial score (nSPS) is 19.6. The molecule has 0 aromatic heterocycles. The largest absolute Gasteiger partial charge is 0.381 e. The number of nitrogens with one attached hydrogen (secondary N) is 1. The molecule has 1 heterocycles. The van der Waals surface area contributed by atoms with Crippen molar-refractivity contribution in [3.63, 3.8) is 0 Å². The molecule has 2 nitrogen and oxygen atoms in total. The van der Waals surface area contributed by atoms with E-state index >= 15 is 0 Å². The van der Waals surface area contributed by atoms with Gasteiger partial charge in [0.15, 0.2) is 0 Å². The van der Waals surface area contributed by atoms with Crippen molar-refractivity contribution in [3.8, 4) is 0 Å². The van der Waals surface area contributed by atoms with Gasteiger partial charge in [-0.15, -0.1) is 0 Å². The minimum atomic E-state index is 0.424. The molecule has 0 spiro atoms. The van der Waals surface area contributed by atoms with Gasteiger partial charge in [-0.3, -0.25) is 0 Å². The third kappa shape index (κ3) is 3.32.